The van der Waals surface area contributed by atoms with Crippen molar-refractivity contribution in [1.29, 1.82) is 5.26 Å². The van der Waals surface area contributed by atoms with E-state index < -0.39 is 6.09 Å². The molecule has 47 heavy (non-hydrogen) atoms. The third-order valence-electron chi connectivity index (χ3n) is 8.60. The van der Waals surface area contributed by atoms with Gasteiger partial charge in [-0.15, -0.1) is 0 Å². The number of piperidine rings is 1. The zero-order valence-corrected chi connectivity index (χ0v) is 27.7. The molecule has 242 valence electrons. The summed E-state index contributed by atoms with van der Waals surface area (Å²) in [4.78, 5) is 34.6. The SMILES string of the molecule is CCc1nc2ccc(-c3cnc(NC4CCN(C(=O)O)C(C(C)(C)C)C4)nc3)cn2c1N(C)c1nc(-c2ccc(F)cc2)c(C#N)s1. The average Bonchev–Trinajstić information content (AvgIpc) is 3.66. The molecule has 2 N–H and O–H groups in total. The fourth-order valence-corrected chi connectivity index (χ4v) is 7.00. The Morgan fingerprint density at radius 1 is 1.13 bits per heavy atom. The first-order valence-corrected chi connectivity index (χ1v) is 16.3. The number of anilines is 3. The predicted molar refractivity (Wildman–Crippen MR) is 181 cm³/mol. The number of fused-ring (bicyclic) bond motifs is 1. The van der Waals surface area contributed by atoms with Crippen LogP contribution in [0.1, 0.15) is 51.1 Å². The number of likely N-dealkylation sites (tertiary alicyclic amines) is 1. The fourth-order valence-electron chi connectivity index (χ4n) is 6.15. The van der Waals surface area contributed by atoms with Crippen LogP contribution in [-0.4, -0.2) is 66.1 Å². The smallest absolute Gasteiger partial charge is 0.407 e. The van der Waals surface area contributed by atoms with Crippen LogP contribution in [-0.2, 0) is 6.42 Å². The van der Waals surface area contributed by atoms with Gasteiger partial charge in [0, 0.05) is 61.0 Å². The van der Waals surface area contributed by atoms with Crippen molar-refractivity contribution in [3.8, 4) is 28.5 Å². The molecule has 4 aromatic heterocycles. The van der Waals surface area contributed by atoms with Crippen LogP contribution in [0.5, 0.6) is 0 Å². The highest BCUT2D eigenvalue weighted by Crippen LogP contribution is 2.38. The maximum absolute atomic E-state index is 13.6. The molecule has 1 saturated heterocycles. The van der Waals surface area contributed by atoms with Crippen molar-refractivity contribution < 1.29 is 14.3 Å². The summed E-state index contributed by atoms with van der Waals surface area (Å²) in [5, 5.41) is 23.6. The minimum Gasteiger partial charge on any atom is -0.465 e. The highest BCUT2D eigenvalue weighted by atomic mass is 32.1. The van der Waals surface area contributed by atoms with Crippen LogP contribution in [0.2, 0.25) is 0 Å². The molecule has 2 unspecified atom stereocenters. The van der Waals surface area contributed by atoms with Gasteiger partial charge < -0.3 is 20.2 Å². The second-order valence-electron chi connectivity index (χ2n) is 12.8. The van der Waals surface area contributed by atoms with E-state index in [1.807, 2.05) is 41.6 Å². The lowest BCUT2D eigenvalue weighted by Crippen LogP contribution is -2.54. The number of benzene rings is 1. The van der Waals surface area contributed by atoms with Crippen molar-refractivity contribution in [3.05, 3.63) is 71.4 Å². The molecule has 2 atom stereocenters. The summed E-state index contributed by atoms with van der Waals surface area (Å²) in [6, 6.07) is 12.1. The number of amides is 1. The number of thiazole rings is 1. The number of hydrogen-bond donors (Lipinski definition) is 2. The van der Waals surface area contributed by atoms with Gasteiger partial charge in [0.2, 0.25) is 5.95 Å². The molecule has 0 spiro atoms. The molecule has 0 saturated carbocycles. The number of halogens is 1. The molecule has 0 bridgehead atoms. The van der Waals surface area contributed by atoms with Crippen LogP contribution in [0, 0.1) is 22.6 Å². The van der Waals surface area contributed by atoms with Crippen LogP contribution < -0.4 is 10.2 Å². The number of hydrogen-bond acceptors (Lipinski definition) is 9. The van der Waals surface area contributed by atoms with Crippen molar-refractivity contribution >= 4 is 40.0 Å². The minimum absolute atomic E-state index is 0.0597. The second kappa shape index (κ2) is 12.6. The Morgan fingerprint density at radius 2 is 1.83 bits per heavy atom. The standard InChI is InChI=1S/C34H36FN9O2S/c1-6-25-30(42(5)32-41-29(26(16-36)47-32)20-7-10-23(35)11-8-20)44-19-21(9-12-28(44)40-25)22-17-37-31(38-18-22)39-24-13-14-43(33(45)46)27(15-24)34(2,3)4/h7-12,17-19,24,27H,6,13-15H2,1-5H3,(H,45,46)(H,37,38,39). The molecule has 5 aromatic rings. The normalized spacial score (nSPS) is 16.7. The van der Waals surface area contributed by atoms with Crippen molar-refractivity contribution in [2.75, 3.05) is 23.8 Å². The van der Waals surface area contributed by atoms with E-state index in [1.165, 1.54) is 23.5 Å². The van der Waals surface area contributed by atoms with Crippen molar-refractivity contribution in [3.63, 3.8) is 0 Å². The zero-order chi connectivity index (χ0) is 33.5. The topological polar surface area (TPSA) is 136 Å². The first kappa shape index (κ1) is 31.9. The van der Waals surface area contributed by atoms with Crippen LogP contribution in [0.3, 0.4) is 0 Å². The fraction of sp³-hybridized carbons (Fsp3) is 0.353. The van der Waals surface area contributed by atoms with Gasteiger partial charge in [-0.25, -0.2) is 29.1 Å². The number of aromatic nitrogens is 5. The number of imidazole rings is 1. The first-order valence-electron chi connectivity index (χ1n) is 15.5. The Bertz CT molecular complexity index is 1960. The van der Waals surface area contributed by atoms with Gasteiger partial charge in [0.1, 0.15) is 33.9 Å². The molecule has 0 radical (unpaired) electrons. The summed E-state index contributed by atoms with van der Waals surface area (Å²) >= 11 is 1.27. The van der Waals surface area contributed by atoms with Crippen molar-refractivity contribution in [1.82, 2.24) is 29.2 Å². The van der Waals surface area contributed by atoms with Gasteiger partial charge in [0.05, 0.1) is 5.69 Å². The number of carbonyl (C=O) groups is 1. The molecule has 6 rings (SSSR count). The second-order valence-corrected chi connectivity index (χ2v) is 13.7. The van der Waals surface area contributed by atoms with Gasteiger partial charge in [-0.3, -0.25) is 4.40 Å². The molecule has 1 aliphatic rings. The Morgan fingerprint density at radius 3 is 2.47 bits per heavy atom. The molecule has 1 fully saturated rings. The summed E-state index contributed by atoms with van der Waals surface area (Å²) in [6.45, 7) is 8.70. The molecule has 1 aromatic carbocycles. The Kier molecular flexibility index (Phi) is 8.55. The zero-order valence-electron chi connectivity index (χ0n) is 26.9. The molecule has 1 amide bonds. The maximum atomic E-state index is 13.6. The molecule has 1 aliphatic heterocycles. The maximum Gasteiger partial charge on any atom is 0.407 e. The van der Waals surface area contributed by atoms with Crippen LogP contribution in [0.15, 0.2) is 55.0 Å². The summed E-state index contributed by atoms with van der Waals surface area (Å²) in [5.74, 6) is 0.980. The summed E-state index contributed by atoms with van der Waals surface area (Å²) in [5.41, 5.74) is 4.36. The highest BCUT2D eigenvalue weighted by Gasteiger charge is 2.38. The molecular weight excluding hydrogens is 618 g/mol. The van der Waals surface area contributed by atoms with Gasteiger partial charge in [-0.05, 0) is 61.1 Å². The number of carboxylic acid groups (broad SMARTS) is 1. The van der Waals surface area contributed by atoms with Crippen molar-refractivity contribution in [2.45, 2.75) is 59.0 Å². The number of nitriles is 1. The lowest BCUT2D eigenvalue weighted by molar-refractivity contribution is 0.0557. The quantitative estimate of drug-likeness (QED) is 0.187. The molecule has 5 heterocycles. The largest absolute Gasteiger partial charge is 0.465 e. The minimum atomic E-state index is -0.882. The average molecular weight is 654 g/mol. The van der Waals surface area contributed by atoms with Crippen molar-refractivity contribution in [2.24, 2.45) is 5.41 Å². The van der Waals surface area contributed by atoms with E-state index in [1.54, 1.807) is 29.4 Å². The molecular formula is C34H36FN9O2S. The summed E-state index contributed by atoms with van der Waals surface area (Å²) in [7, 11) is 1.90. The van der Waals surface area contributed by atoms with Crippen LogP contribution >= 0.6 is 11.3 Å². The van der Waals surface area contributed by atoms with Crippen LogP contribution in [0.4, 0.5) is 26.1 Å². The number of rotatable bonds is 7. The Balaban J connectivity index is 1.26. The van der Waals surface area contributed by atoms with E-state index in [0.717, 1.165) is 28.3 Å². The summed E-state index contributed by atoms with van der Waals surface area (Å²) in [6.07, 6.45) is 6.71. The van der Waals surface area contributed by atoms with E-state index >= 15 is 0 Å². The number of pyridine rings is 1. The lowest BCUT2D eigenvalue weighted by Gasteiger charge is -2.44. The number of nitrogens with one attached hydrogen (secondary N) is 1. The van der Waals surface area contributed by atoms with Crippen LogP contribution in [0.25, 0.3) is 28.0 Å². The third kappa shape index (κ3) is 6.33. The number of aryl methyl sites for hydroxylation is 1. The van der Waals surface area contributed by atoms with E-state index in [4.69, 9.17) is 9.97 Å². The van der Waals surface area contributed by atoms with Gasteiger partial charge >= 0.3 is 6.09 Å². The third-order valence-corrected chi connectivity index (χ3v) is 9.64. The van der Waals surface area contributed by atoms with E-state index in [-0.39, 0.29) is 23.3 Å². The van der Waals surface area contributed by atoms with E-state index in [0.29, 0.717) is 53.0 Å². The van der Waals surface area contributed by atoms with E-state index in [9.17, 15) is 19.6 Å². The van der Waals surface area contributed by atoms with Gasteiger partial charge in [0.25, 0.3) is 0 Å². The molecule has 11 nitrogen and oxygen atoms in total. The summed E-state index contributed by atoms with van der Waals surface area (Å²) < 4.78 is 15.6. The van der Waals surface area contributed by atoms with Gasteiger partial charge in [-0.1, -0.05) is 39.0 Å². The Hall–Kier alpha value is -5.09. The number of nitrogens with zero attached hydrogens (tertiary/aromatic N) is 8. The molecule has 0 aliphatic carbocycles. The monoisotopic (exact) mass is 653 g/mol. The predicted octanol–water partition coefficient (Wildman–Crippen LogP) is 7.22. The Labute approximate surface area is 276 Å². The first-order chi connectivity index (χ1) is 22.5. The highest BCUT2D eigenvalue weighted by molar-refractivity contribution is 7.16. The molecule has 13 heteroatoms. The van der Waals surface area contributed by atoms with Gasteiger partial charge in [-0.2, -0.15) is 5.26 Å². The lowest BCUT2D eigenvalue weighted by atomic mass is 9.79. The van der Waals surface area contributed by atoms with E-state index in [2.05, 4.69) is 42.1 Å². The van der Waals surface area contributed by atoms with Gasteiger partial charge in [0.15, 0.2) is 5.13 Å².